The van der Waals surface area contributed by atoms with Gasteiger partial charge in [0.25, 0.3) is 11.1 Å². The SMILES string of the molecule is CCOC(=O)N1CC(C(=O)N2CCN(c3ccccc3/C=C3\SC(=O)NC3=O)CC2)C1. The van der Waals surface area contributed by atoms with Gasteiger partial charge in [0, 0.05) is 45.0 Å². The fourth-order valence-electron chi connectivity index (χ4n) is 3.88. The lowest BCUT2D eigenvalue weighted by Crippen LogP contribution is -2.59. The molecule has 0 aromatic heterocycles. The second kappa shape index (κ2) is 9.01. The number of para-hydroxylation sites is 1. The first kappa shape index (κ1) is 21.2. The lowest BCUT2D eigenvalue weighted by molar-refractivity contribution is -0.140. The Bertz CT molecular complexity index is 935. The van der Waals surface area contributed by atoms with Gasteiger partial charge in [-0.2, -0.15) is 0 Å². The van der Waals surface area contributed by atoms with Crippen LogP contribution < -0.4 is 10.2 Å². The number of rotatable bonds is 4. The molecule has 1 aromatic carbocycles. The first-order valence-electron chi connectivity index (χ1n) is 10.3. The van der Waals surface area contributed by atoms with Crippen molar-refractivity contribution in [2.24, 2.45) is 5.92 Å². The molecule has 1 aromatic rings. The third kappa shape index (κ3) is 4.53. The van der Waals surface area contributed by atoms with Crippen molar-refractivity contribution in [3.05, 3.63) is 34.7 Å². The van der Waals surface area contributed by atoms with Crippen molar-refractivity contribution in [3.63, 3.8) is 0 Å². The Morgan fingerprint density at radius 1 is 1.13 bits per heavy atom. The standard InChI is InChI=1S/C21H24N4O5S/c1-2-30-21(29)25-12-15(13-25)19(27)24-9-7-23(8-10-24)16-6-4-3-5-14(16)11-17-18(26)22-20(28)31-17/h3-6,11,15H,2,7-10,12-13H2,1H3,(H,22,26,28)/b17-11-. The van der Waals surface area contributed by atoms with Crippen molar-refractivity contribution in [1.82, 2.24) is 15.1 Å². The molecule has 3 aliphatic rings. The fourth-order valence-corrected chi connectivity index (χ4v) is 4.56. The number of piperazine rings is 1. The van der Waals surface area contributed by atoms with Gasteiger partial charge in [0.15, 0.2) is 0 Å². The summed E-state index contributed by atoms with van der Waals surface area (Å²) in [5.74, 6) is -0.464. The number of nitrogens with one attached hydrogen (secondary N) is 1. The molecular formula is C21H24N4O5S. The van der Waals surface area contributed by atoms with Crippen molar-refractivity contribution in [2.45, 2.75) is 6.92 Å². The van der Waals surface area contributed by atoms with E-state index in [-0.39, 0.29) is 29.1 Å². The molecule has 0 unspecified atom stereocenters. The summed E-state index contributed by atoms with van der Waals surface area (Å²) in [4.78, 5) is 53.7. The van der Waals surface area contributed by atoms with E-state index in [1.165, 1.54) is 0 Å². The molecule has 1 N–H and O–H groups in total. The van der Waals surface area contributed by atoms with Gasteiger partial charge in [-0.1, -0.05) is 18.2 Å². The molecule has 164 valence electrons. The molecule has 0 bridgehead atoms. The van der Waals surface area contributed by atoms with E-state index < -0.39 is 0 Å². The highest BCUT2D eigenvalue weighted by Gasteiger charge is 2.39. The average Bonchev–Trinajstić information content (AvgIpc) is 3.04. The van der Waals surface area contributed by atoms with Crippen molar-refractivity contribution >= 4 is 46.7 Å². The molecule has 0 atom stereocenters. The van der Waals surface area contributed by atoms with Crippen LogP contribution in [-0.2, 0) is 14.3 Å². The predicted octanol–water partition coefficient (Wildman–Crippen LogP) is 1.75. The Morgan fingerprint density at radius 3 is 2.48 bits per heavy atom. The van der Waals surface area contributed by atoms with Gasteiger partial charge >= 0.3 is 6.09 Å². The number of ether oxygens (including phenoxy) is 1. The van der Waals surface area contributed by atoms with E-state index in [0.717, 1.165) is 23.0 Å². The molecule has 3 saturated heterocycles. The van der Waals surface area contributed by atoms with Crippen LogP contribution >= 0.6 is 11.8 Å². The molecule has 3 fully saturated rings. The molecule has 0 saturated carbocycles. The lowest BCUT2D eigenvalue weighted by Gasteiger charge is -2.42. The first-order chi connectivity index (χ1) is 15.0. The number of hydrogen-bond acceptors (Lipinski definition) is 7. The Hall–Kier alpha value is -3.01. The van der Waals surface area contributed by atoms with Gasteiger partial charge < -0.3 is 19.4 Å². The molecule has 4 rings (SSSR count). The summed E-state index contributed by atoms with van der Waals surface area (Å²) in [6.07, 6.45) is 1.37. The summed E-state index contributed by atoms with van der Waals surface area (Å²) in [7, 11) is 0. The van der Waals surface area contributed by atoms with Crippen molar-refractivity contribution < 1.29 is 23.9 Å². The van der Waals surface area contributed by atoms with Crippen LogP contribution in [0, 0.1) is 5.92 Å². The van der Waals surface area contributed by atoms with Crippen LogP contribution in [0.15, 0.2) is 29.2 Å². The summed E-state index contributed by atoms with van der Waals surface area (Å²) in [5, 5.41) is 1.91. The maximum absolute atomic E-state index is 12.8. The van der Waals surface area contributed by atoms with Crippen LogP contribution in [0.5, 0.6) is 0 Å². The summed E-state index contributed by atoms with van der Waals surface area (Å²) < 4.78 is 4.96. The summed E-state index contributed by atoms with van der Waals surface area (Å²) in [6.45, 7) is 5.42. The summed E-state index contributed by atoms with van der Waals surface area (Å²) >= 11 is 0.899. The molecule has 0 aliphatic carbocycles. The smallest absolute Gasteiger partial charge is 0.409 e. The van der Waals surface area contributed by atoms with Gasteiger partial charge in [-0.3, -0.25) is 19.7 Å². The number of amides is 4. The van der Waals surface area contributed by atoms with Gasteiger partial charge in [-0.25, -0.2) is 4.79 Å². The van der Waals surface area contributed by atoms with E-state index in [1.54, 1.807) is 17.9 Å². The minimum absolute atomic E-state index is 0.0770. The number of hydrogen-bond donors (Lipinski definition) is 1. The number of imide groups is 1. The van der Waals surface area contributed by atoms with Crippen LogP contribution in [-0.4, -0.2) is 78.8 Å². The maximum atomic E-state index is 12.8. The minimum atomic E-state index is -0.377. The van der Waals surface area contributed by atoms with Crippen LogP contribution in [0.4, 0.5) is 15.3 Å². The number of thioether (sulfide) groups is 1. The summed E-state index contributed by atoms with van der Waals surface area (Å²) in [6, 6.07) is 7.71. The molecular weight excluding hydrogens is 420 g/mol. The van der Waals surface area contributed by atoms with E-state index in [4.69, 9.17) is 4.74 Å². The largest absolute Gasteiger partial charge is 0.450 e. The fraction of sp³-hybridized carbons (Fsp3) is 0.429. The lowest BCUT2D eigenvalue weighted by atomic mass is 9.98. The molecule has 31 heavy (non-hydrogen) atoms. The van der Waals surface area contributed by atoms with Gasteiger partial charge in [0.05, 0.1) is 17.4 Å². The Kier molecular flexibility index (Phi) is 6.17. The van der Waals surface area contributed by atoms with Crippen LogP contribution in [0.1, 0.15) is 12.5 Å². The third-order valence-corrected chi connectivity index (χ3v) is 6.36. The van der Waals surface area contributed by atoms with Gasteiger partial charge in [-0.05, 0) is 36.4 Å². The number of carbonyl (C=O) groups is 4. The van der Waals surface area contributed by atoms with Gasteiger partial charge in [-0.15, -0.1) is 0 Å². The summed E-state index contributed by atoms with van der Waals surface area (Å²) in [5.41, 5.74) is 1.82. The monoisotopic (exact) mass is 444 g/mol. The van der Waals surface area contributed by atoms with E-state index in [1.807, 2.05) is 29.2 Å². The topological polar surface area (TPSA) is 99.3 Å². The molecule has 0 radical (unpaired) electrons. The quantitative estimate of drug-likeness (QED) is 0.707. The number of anilines is 1. The third-order valence-electron chi connectivity index (χ3n) is 5.55. The molecule has 3 aliphatic heterocycles. The van der Waals surface area contributed by atoms with Crippen molar-refractivity contribution in [2.75, 3.05) is 50.8 Å². The zero-order valence-corrected chi connectivity index (χ0v) is 18.0. The minimum Gasteiger partial charge on any atom is -0.450 e. The molecule has 0 spiro atoms. The van der Waals surface area contributed by atoms with Crippen LogP contribution in [0.3, 0.4) is 0 Å². The number of likely N-dealkylation sites (tertiary alicyclic amines) is 1. The molecule has 10 heteroatoms. The first-order valence-corrected chi connectivity index (χ1v) is 11.1. The molecule has 3 heterocycles. The van der Waals surface area contributed by atoms with Crippen molar-refractivity contribution in [3.8, 4) is 0 Å². The normalized spacial score (nSPS) is 20.7. The van der Waals surface area contributed by atoms with Gasteiger partial charge in [0.1, 0.15) is 0 Å². The van der Waals surface area contributed by atoms with Crippen molar-refractivity contribution in [1.29, 1.82) is 0 Å². The second-order valence-corrected chi connectivity index (χ2v) is 8.54. The number of nitrogens with zero attached hydrogens (tertiary/aromatic N) is 3. The zero-order chi connectivity index (χ0) is 22.0. The molecule has 9 nitrogen and oxygen atoms in total. The Balaban J connectivity index is 1.35. The molecule has 4 amide bonds. The van der Waals surface area contributed by atoms with E-state index in [0.29, 0.717) is 50.8 Å². The van der Waals surface area contributed by atoms with Crippen LogP contribution in [0.2, 0.25) is 0 Å². The van der Waals surface area contributed by atoms with E-state index >= 15 is 0 Å². The Labute approximate surface area is 184 Å². The second-order valence-electron chi connectivity index (χ2n) is 7.52. The Morgan fingerprint density at radius 2 is 1.84 bits per heavy atom. The maximum Gasteiger partial charge on any atom is 0.409 e. The van der Waals surface area contributed by atoms with E-state index in [2.05, 4.69) is 10.2 Å². The van der Waals surface area contributed by atoms with E-state index in [9.17, 15) is 19.2 Å². The highest BCUT2D eigenvalue weighted by molar-refractivity contribution is 8.18. The van der Waals surface area contributed by atoms with Gasteiger partial charge in [0.2, 0.25) is 5.91 Å². The number of benzene rings is 1. The number of carbonyl (C=O) groups excluding carboxylic acids is 4. The predicted molar refractivity (Wildman–Crippen MR) is 116 cm³/mol. The average molecular weight is 445 g/mol. The van der Waals surface area contributed by atoms with Crippen LogP contribution in [0.25, 0.3) is 6.08 Å². The highest BCUT2D eigenvalue weighted by atomic mass is 32.2. The zero-order valence-electron chi connectivity index (χ0n) is 17.2. The highest BCUT2D eigenvalue weighted by Crippen LogP contribution is 2.30.